The Kier molecular flexibility index (Phi) is 7.01. The quantitative estimate of drug-likeness (QED) is 0.666. The van der Waals surface area contributed by atoms with Crippen molar-refractivity contribution in [2.24, 2.45) is 5.41 Å². The predicted octanol–water partition coefficient (Wildman–Crippen LogP) is 4.94. The molecule has 19 heavy (non-hydrogen) atoms. The molecule has 0 spiro atoms. The lowest BCUT2D eigenvalue weighted by Crippen LogP contribution is -2.35. The summed E-state index contributed by atoms with van der Waals surface area (Å²) in [4.78, 5) is 0. The molecule has 1 rings (SSSR count). The fraction of sp³-hybridized carbons (Fsp3) is 0.625. The Balaban J connectivity index is 2.84. The van der Waals surface area contributed by atoms with E-state index in [1.54, 1.807) is 12.1 Å². The van der Waals surface area contributed by atoms with E-state index in [2.05, 4.69) is 42.0 Å². The Morgan fingerprint density at radius 3 is 2.47 bits per heavy atom. The van der Waals surface area contributed by atoms with Gasteiger partial charge in [-0.15, -0.1) is 0 Å². The summed E-state index contributed by atoms with van der Waals surface area (Å²) in [6, 6.07) is 4.96. The lowest BCUT2D eigenvalue weighted by Gasteiger charge is -2.32. The van der Waals surface area contributed by atoms with Crippen LogP contribution in [0, 0.1) is 11.2 Å². The Morgan fingerprint density at radius 2 is 1.89 bits per heavy atom. The van der Waals surface area contributed by atoms with Crippen molar-refractivity contribution in [1.29, 1.82) is 0 Å². The van der Waals surface area contributed by atoms with Gasteiger partial charge in [-0.25, -0.2) is 4.39 Å². The Labute approximate surface area is 125 Å². The number of benzene rings is 1. The van der Waals surface area contributed by atoms with Crippen LogP contribution in [0.2, 0.25) is 0 Å². The van der Waals surface area contributed by atoms with Crippen LogP contribution >= 0.6 is 15.9 Å². The minimum absolute atomic E-state index is 0.152. The molecule has 1 aromatic rings. The van der Waals surface area contributed by atoms with E-state index in [1.165, 1.54) is 6.07 Å². The summed E-state index contributed by atoms with van der Waals surface area (Å²) >= 11 is 3.54. The maximum Gasteiger partial charge on any atom is 0.123 e. The fourth-order valence-corrected chi connectivity index (χ4v) is 2.81. The van der Waals surface area contributed by atoms with Crippen LogP contribution in [0.15, 0.2) is 22.7 Å². The monoisotopic (exact) mass is 329 g/mol. The smallest absolute Gasteiger partial charge is 0.123 e. The van der Waals surface area contributed by atoms with Gasteiger partial charge in [0.15, 0.2) is 0 Å². The molecule has 0 aliphatic heterocycles. The van der Waals surface area contributed by atoms with Crippen LogP contribution in [-0.2, 0) is 6.42 Å². The standard InChI is InChI=1S/C16H25BrFN/c1-4-9-19-12-16(5-2,6-3)11-13-10-14(18)7-8-15(13)17/h7-8,10,19H,4-6,9,11-12H2,1-3H3. The molecular formula is C16H25BrFN. The first-order valence-corrected chi connectivity index (χ1v) is 8.01. The second-order valence-corrected chi connectivity index (χ2v) is 6.15. The molecule has 0 aromatic heterocycles. The zero-order valence-electron chi connectivity index (χ0n) is 12.2. The number of halogens is 2. The molecule has 3 heteroatoms. The van der Waals surface area contributed by atoms with E-state index in [0.717, 1.165) is 48.8 Å². The summed E-state index contributed by atoms with van der Waals surface area (Å²) < 4.78 is 14.4. The molecule has 0 radical (unpaired) electrons. The first-order chi connectivity index (χ1) is 9.06. The minimum atomic E-state index is -0.152. The summed E-state index contributed by atoms with van der Waals surface area (Å²) in [5.74, 6) is -0.152. The first kappa shape index (κ1) is 16.6. The lowest BCUT2D eigenvalue weighted by molar-refractivity contribution is 0.246. The van der Waals surface area contributed by atoms with Gasteiger partial charge in [0.1, 0.15) is 5.82 Å². The van der Waals surface area contributed by atoms with E-state index >= 15 is 0 Å². The molecular weight excluding hydrogens is 305 g/mol. The van der Waals surface area contributed by atoms with E-state index < -0.39 is 0 Å². The molecule has 0 saturated carbocycles. The van der Waals surface area contributed by atoms with Crippen LogP contribution in [-0.4, -0.2) is 13.1 Å². The Hall–Kier alpha value is -0.410. The number of hydrogen-bond acceptors (Lipinski definition) is 1. The lowest BCUT2D eigenvalue weighted by atomic mass is 9.77. The van der Waals surface area contributed by atoms with Crippen molar-refractivity contribution in [2.75, 3.05) is 13.1 Å². The zero-order valence-corrected chi connectivity index (χ0v) is 13.8. The van der Waals surface area contributed by atoms with Crippen molar-refractivity contribution >= 4 is 15.9 Å². The molecule has 0 atom stereocenters. The van der Waals surface area contributed by atoms with E-state index in [9.17, 15) is 4.39 Å². The predicted molar refractivity (Wildman–Crippen MR) is 84.0 cm³/mol. The van der Waals surface area contributed by atoms with Crippen molar-refractivity contribution in [3.05, 3.63) is 34.1 Å². The van der Waals surface area contributed by atoms with Crippen molar-refractivity contribution in [3.63, 3.8) is 0 Å². The molecule has 1 aromatic carbocycles. The molecule has 1 nitrogen and oxygen atoms in total. The van der Waals surface area contributed by atoms with Gasteiger partial charge in [0, 0.05) is 11.0 Å². The van der Waals surface area contributed by atoms with Crippen LogP contribution in [0.1, 0.15) is 45.6 Å². The SMILES string of the molecule is CCCNCC(CC)(CC)Cc1cc(F)ccc1Br. The van der Waals surface area contributed by atoms with Crippen LogP contribution < -0.4 is 5.32 Å². The summed E-state index contributed by atoms with van der Waals surface area (Å²) in [5.41, 5.74) is 1.29. The molecule has 0 bridgehead atoms. The zero-order chi connectivity index (χ0) is 14.3. The van der Waals surface area contributed by atoms with Gasteiger partial charge in [0.2, 0.25) is 0 Å². The van der Waals surface area contributed by atoms with Crippen molar-refractivity contribution in [1.82, 2.24) is 5.32 Å². The second-order valence-electron chi connectivity index (χ2n) is 5.30. The van der Waals surface area contributed by atoms with Gasteiger partial charge >= 0.3 is 0 Å². The molecule has 0 saturated heterocycles. The van der Waals surface area contributed by atoms with Gasteiger partial charge in [-0.1, -0.05) is 36.7 Å². The molecule has 0 aliphatic carbocycles. The highest BCUT2D eigenvalue weighted by Crippen LogP contribution is 2.33. The normalized spacial score (nSPS) is 11.8. The Bertz CT molecular complexity index is 388. The Morgan fingerprint density at radius 1 is 1.21 bits per heavy atom. The van der Waals surface area contributed by atoms with E-state index in [-0.39, 0.29) is 11.2 Å². The van der Waals surface area contributed by atoms with Gasteiger partial charge in [-0.3, -0.25) is 0 Å². The average Bonchev–Trinajstić information content (AvgIpc) is 2.42. The third-order valence-electron chi connectivity index (χ3n) is 4.00. The molecule has 0 amide bonds. The largest absolute Gasteiger partial charge is 0.316 e. The van der Waals surface area contributed by atoms with E-state index in [0.29, 0.717) is 0 Å². The maximum atomic E-state index is 13.4. The van der Waals surface area contributed by atoms with Crippen LogP contribution in [0.4, 0.5) is 4.39 Å². The summed E-state index contributed by atoms with van der Waals surface area (Å²) in [5, 5.41) is 3.52. The van der Waals surface area contributed by atoms with Crippen LogP contribution in [0.3, 0.4) is 0 Å². The van der Waals surface area contributed by atoms with E-state index in [1.807, 2.05) is 0 Å². The molecule has 0 aliphatic rings. The summed E-state index contributed by atoms with van der Waals surface area (Å²) in [7, 11) is 0. The second kappa shape index (κ2) is 8.01. The molecule has 0 heterocycles. The van der Waals surface area contributed by atoms with Gasteiger partial charge < -0.3 is 5.32 Å². The third-order valence-corrected chi connectivity index (χ3v) is 4.77. The van der Waals surface area contributed by atoms with Crippen LogP contribution in [0.25, 0.3) is 0 Å². The molecule has 0 fully saturated rings. The van der Waals surface area contributed by atoms with Crippen molar-refractivity contribution < 1.29 is 4.39 Å². The highest BCUT2D eigenvalue weighted by atomic mass is 79.9. The number of nitrogens with one attached hydrogen (secondary N) is 1. The number of rotatable bonds is 8. The van der Waals surface area contributed by atoms with Crippen molar-refractivity contribution in [3.8, 4) is 0 Å². The third kappa shape index (κ3) is 4.88. The number of hydrogen-bond donors (Lipinski definition) is 1. The first-order valence-electron chi connectivity index (χ1n) is 7.21. The maximum absolute atomic E-state index is 13.4. The van der Waals surface area contributed by atoms with Crippen molar-refractivity contribution in [2.45, 2.75) is 46.5 Å². The van der Waals surface area contributed by atoms with Gasteiger partial charge in [0.05, 0.1) is 0 Å². The summed E-state index contributed by atoms with van der Waals surface area (Å²) in [6.45, 7) is 8.67. The van der Waals surface area contributed by atoms with Gasteiger partial charge in [0.25, 0.3) is 0 Å². The minimum Gasteiger partial charge on any atom is -0.316 e. The highest BCUT2D eigenvalue weighted by molar-refractivity contribution is 9.10. The topological polar surface area (TPSA) is 12.0 Å². The van der Waals surface area contributed by atoms with E-state index in [4.69, 9.17) is 0 Å². The highest BCUT2D eigenvalue weighted by Gasteiger charge is 2.27. The molecule has 108 valence electrons. The average molecular weight is 330 g/mol. The fourth-order valence-electron chi connectivity index (χ4n) is 2.43. The van der Waals surface area contributed by atoms with Gasteiger partial charge in [-0.05, 0) is 61.4 Å². The molecule has 1 N–H and O–H groups in total. The summed E-state index contributed by atoms with van der Waals surface area (Å²) in [6.07, 6.45) is 4.26. The molecule has 0 unspecified atom stereocenters. The van der Waals surface area contributed by atoms with Crippen LogP contribution in [0.5, 0.6) is 0 Å². The van der Waals surface area contributed by atoms with Gasteiger partial charge in [-0.2, -0.15) is 0 Å².